The summed E-state index contributed by atoms with van der Waals surface area (Å²) >= 11 is 6.70. The van der Waals surface area contributed by atoms with Crippen molar-refractivity contribution in [2.24, 2.45) is 0 Å². The normalized spacial score (nSPS) is 11.7. The summed E-state index contributed by atoms with van der Waals surface area (Å²) in [4.78, 5) is 12.7. The van der Waals surface area contributed by atoms with E-state index in [-0.39, 0.29) is 5.97 Å². The Kier molecular flexibility index (Phi) is 15.0. The van der Waals surface area contributed by atoms with Gasteiger partial charge in [-0.05, 0) is 49.2 Å². The highest BCUT2D eigenvalue weighted by molar-refractivity contribution is 9.12. The molecule has 116 valence electrons. The Morgan fingerprint density at radius 3 is 2.71 bits per heavy atom. The van der Waals surface area contributed by atoms with Crippen LogP contribution in [0.3, 0.4) is 0 Å². The van der Waals surface area contributed by atoms with E-state index >= 15 is 0 Å². The van der Waals surface area contributed by atoms with E-state index in [1.165, 1.54) is 13.5 Å². The molecule has 0 spiro atoms. The summed E-state index contributed by atoms with van der Waals surface area (Å²) in [6, 6.07) is 0. The molecule has 0 aromatic heterocycles. The monoisotopic (exact) mass is 416 g/mol. The third kappa shape index (κ3) is 15.4. The van der Waals surface area contributed by atoms with Crippen molar-refractivity contribution in [3.05, 3.63) is 33.8 Å². The lowest BCUT2D eigenvalue weighted by atomic mass is 10.2. The van der Waals surface area contributed by atoms with Crippen molar-refractivity contribution >= 4 is 37.8 Å². The molecular weight excluding hydrogens is 396 g/mol. The topological polar surface area (TPSA) is 26.3 Å². The van der Waals surface area contributed by atoms with Gasteiger partial charge in [-0.2, -0.15) is 0 Å². The van der Waals surface area contributed by atoms with Gasteiger partial charge in [0.2, 0.25) is 0 Å². The Morgan fingerprint density at radius 1 is 1.24 bits per heavy atom. The highest BCUT2D eigenvalue weighted by Crippen LogP contribution is 2.11. The van der Waals surface area contributed by atoms with Gasteiger partial charge in [-0.3, -0.25) is 4.79 Å². The van der Waals surface area contributed by atoms with Gasteiger partial charge >= 0.3 is 5.97 Å². The molecule has 0 saturated carbocycles. The zero-order chi connectivity index (χ0) is 15.8. The maximum atomic E-state index is 10.9. The molecule has 0 aromatic rings. The minimum atomic E-state index is -0.167. The van der Waals surface area contributed by atoms with E-state index < -0.39 is 0 Å². The second kappa shape index (κ2) is 15.6. The standard InChI is InChI=1S/C17H22Br2O2/c1-21-17(20)13-11-9-7-5-3-2-4-6-8-10-12-16(19)14-15-18/h2-3,12,14-15H,4,6,8-11,13H2,1H3/b3-2+,15-14-,16-12+. The lowest BCUT2D eigenvalue weighted by Crippen LogP contribution is -1.98. The number of carbonyl (C=O) groups is 1. The van der Waals surface area contributed by atoms with Crippen LogP contribution in [0.4, 0.5) is 0 Å². The smallest absolute Gasteiger partial charge is 0.305 e. The summed E-state index contributed by atoms with van der Waals surface area (Å²) in [7, 11) is 1.41. The average molecular weight is 418 g/mol. The molecule has 2 nitrogen and oxygen atoms in total. The van der Waals surface area contributed by atoms with Crippen molar-refractivity contribution in [1.82, 2.24) is 0 Å². The van der Waals surface area contributed by atoms with E-state index in [1.54, 1.807) is 0 Å². The molecule has 0 fully saturated rings. The number of ether oxygens (including phenoxy) is 1. The lowest BCUT2D eigenvalue weighted by molar-refractivity contribution is -0.140. The molecule has 0 atom stereocenters. The summed E-state index contributed by atoms with van der Waals surface area (Å²) < 4.78 is 5.66. The van der Waals surface area contributed by atoms with Gasteiger partial charge in [-0.15, -0.1) is 0 Å². The summed E-state index contributed by atoms with van der Waals surface area (Å²) in [6.07, 6.45) is 14.5. The first kappa shape index (κ1) is 20.2. The van der Waals surface area contributed by atoms with Crippen LogP contribution >= 0.6 is 31.9 Å². The fourth-order valence-corrected chi connectivity index (χ4v) is 2.47. The van der Waals surface area contributed by atoms with E-state index in [0.717, 1.165) is 36.6 Å². The molecule has 0 N–H and O–H groups in total. The fraction of sp³-hybridized carbons (Fsp3) is 0.471. The molecular formula is C17H22Br2O2. The second-order valence-electron chi connectivity index (χ2n) is 4.32. The van der Waals surface area contributed by atoms with Crippen LogP contribution in [0.5, 0.6) is 0 Å². The first-order valence-electron chi connectivity index (χ1n) is 7.03. The third-order valence-electron chi connectivity index (χ3n) is 2.60. The van der Waals surface area contributed by atoms with E-state index in [9.17, 15) is 4.79 Å². The van der Waals surface area contributed by atoms with Crippen LogP contribution in [0.1, 0.15) is 44.9 Å². The number of halogens is 2. The molecule has 0 radical (unpaired) electrons. The third-order valence-corrected chi connectivity index (χ3v) is 3.45. The summed E-state index contributed by atoms with van der Waals surface area (Å²) in [5, 5.41) is 0. The Hall–Kier alpha value is -0.790. The number of esters is 1. The molecule has 0 aliphatic heterocycles. The van der Waals surface area contributed by atoms with Crippen molar-refractivity contribution in [3.8, 4) is 11.8 Å². The van der Waals surface area contributed by atoms with Crippen molar-refractivity contribution in [2.75, 3.05) is 7.11 Å². The highest BCUT2D eigenvalue weighted by atomic mass is 79.9. The zero-order valence-electron chi connectivity index (χ0n) is 12.4. The van der Waals surface area contributed by atoms with Gasteiger partial charge in [-0.1, -0.05) is 55.9 Å². The number of unbranched alkanes of at least 4 members (excludes halogenated alkanes) is 4. The Morgan fingerprint density at radius 2 is 2.00 bits per heavy atom. The molecule has 0 saturated heterocycles. The van der Waals surface area contributed by atoms with Gasteiger partial charge in [0.05, 0.1) is 7.11 Å². The predicted molar refractivity (Wildman–Crippen MR) is 96.3 cm³/mol. The molecule has 0 rings (SSSR count). The van der Waals surface area contributed by atoms with Crippen molar-refractivity contribution in [2.45, 2.75) is 44.9 Å². The molecule has 0 aromatic carbocycles. The van der Waals surface area contributed by atoms with Gasteiger partial charge in [0, 0.05) is 17.3 Å². The van der Waals surface area contributed by atoms with Crippen molar-refractivity contribution in [1.29, 1.82) is 0 Å². The predicted octanol–water partition coefficient (Wildman–Crippen LogP) is 5.64. The van der Waals surface area contributed by atoms with Gasteiger partial charge in [0.1, 0.15) is 0 Å². The van der Waals surface area contributed by atoms with Crippen LogP contribution in [-0.4, -0.2) is 13.1 Å². The average Bonchev–Trinajstić information content (AvgIpc) is 2.48. The number of hydrogen-bond donors (Lipinski definition) is 0. The molecule has 0 aliphatic carbocycles. The number of allylic oxidation sites excluding steroid dienone is 5. The Labute approximate surface area is 145 Å². The fourth-order valence-electron chi connectivity index (χ4n) is 1.47. The summed E-state index contributed by atoms with van der Waals surface area (Å²) in [5.74, 6) is 5.84. The second-order valence-corrected chi connectivity index (χ2v) is 5.76. The largest absolute Gasteiger partial charge is 0.469 e. The van der Waals surface area contributed by atoms with E-state index in [0.29, 0.717) is 6.42 Å². The first-order chi connectivity index (χ1) is 10.2. The van der Waals surface area contributed by atoms with E-state index in [4.69, 9.17) is 0 Å². The van der Waals surface area contributed by atoms with Crippen molar-refractivity contribution < 1.29 is 9.53 Å². The van der Waals surface area contributed by atoms with Crippen LogP contribution in [-0.2, 0) is 9.53 Å². The quantitative estimate of drug-likeness (QED) is 0.210. The van der Waals surface area contributed by atoms with Crippen molar-refractivity contribution in [3.63, 3.8) is 0 Å². The molecule has 21 heavy (non-hydrogen) atoms. The maximum absolute atomic E-state index is 10.9. The number of carbonyl (C=O) groups excluding carboxylic acids is 1. The Bertz CT molecular complexity index is 426. The molecule has 4 heteroatoms. The first-order valence-corrected chi connectivity index (χ1v) is 8.74. The van der Waals surface area contributed by atoms with Gasteiger partial charge in [-0.25, -0.2) is 0 Å². The molecule has 0 aliphatic rings. The van der Waals surface area contributed by atoms with Crippen LogP contribution < -0.4 is 0 Å². The van der Waals surface area contributed by atoms with Crippen LogP contribution in [0.2, 0.25) is 0 Å². The Balaban J connectivity index is 3.53. The SMILES string of the molecule is COC(=O)CCCC#C/C=C/CCCC/C=C(Br)\C=C/Br. The molecule has 0 unspecified atom stereocenters. The van der Waals surface area contributed by atoms with Crippen LogP contribution in [0.25, 0.3) is 0 Å². The summed E-state index contributed by atoms with van der Waals surface area (Å²) in [5.41, 5.74) is 0. The maximum Gasteiger partial charge on any atom is 0.305 e. The minimum absolute atomic E-state index is 0.167. The molecule has 0 bridgehead atoms. The van der Waals surface area contributed by atoms with Crippen LogP contribution in [0.15, 0.2) is 33.8 Å². The molecule has 0 amide bonds. The summed E-state index contributed by atoms with van der Waals surface area (Å²) in [6.45, 7) is 0. The van der Waals surface area contributed by atoms with Gasteiger partial charge in [0.25, 0.3) is 0 Å². The number of methoxy groups -OCH3 is 1. The number of rotatable bonds is 9. The van der Waals surface area contributed by atoms with E-state index in [2.05, 4.69) is 60.6 Å². The van der Waals surface area contributed by atoms with Crippen LogP contribution in [0, 0.1) is 11.8 Å². The zero-order valence-corrected chi connectivity index (χ0v) is 15.6. The minimum Gasteiger partial charge on any atom is -0.469 e. The number of hydrogen-bond acceptors (Lipinski definition) is 2. The highest BCUT2D eigenvalue weighted by Gasteiger charge is 1.96. The lowest BCUT2D eigenvalue weighted by Gasteiger charge is -1.94. The van der Waals surface area contributed by atoms with Gasteiger partial charge < -0.3 is 4.74 Å². The molecule has 0 heterocycles. The van der Waals surface area contributed by atoms with Gasteiger partial charge in [0.15, 0.2) is 0 Å². The van der Waals surface area contributed by atoms with E-state index in [1.807, 2.05) is 17.1 Å².